The summed E-state index contributed by atoms with van der Waals surface area (Å²) in [4.78, 5) is 6.93. The fraction of sp³-hybridized carbons (Fsp3) is 0.286. The zero-order chi connectivity index (χ0) is 18.3. The van der Waals surface area contributed by atoms with Crippen molar-refractivity contribution < 1.29 is 8.81 Å². The van der Waals surface area contributed by atoms with Crippen molar-refractivity contribution in [2.75, 3.05) is 13.1 Å². The third-order valence-electron chi connectivity index (χ3n) is 4.98. The van der Waals surface area contributed by atoms with Crippen LogP contribution in [0.4, 0.5) is 4.39 Å². The molecule has 1 aliphatic heterocycles. The van der Waals surface area contributed by atoms with Crippen LogP contribution < -0.4 is 0 Å². The molecular weight excluding hydrogens is 351 g/mol. The number of hydrogen-bond acceptors (Lipinski definition) is 3. The molecule has 0 N–H and O–H groups in total. The molecular formula is C21H20ClFN2O. The van der Waals surface area contributed by atoms with Gasteiger partial charge >= 0.3 is 0 Å². The van der Waals surface area contributed by atoms with Gasteiger partial charge in [-0.2, -0.15) is 0 Å². The highest BCUT2D eigenvalue weighted by atomic mass is 35.5. The van der Waals surface area contributed by atoms with Crippen LogP contribution in [0.25, 0.3) is 16.7 Å². The summed E-state index contributed by atoms with van der Waals surface area (Å²) in [5, 5.41) is 0.476. The smallest absolute Gasteiger partial charge is 0.222 e. The molecule has 0 atom stereocenters. The van der Waals surface area contributed by atoms with E-state index in [0.717, 1.165) is 41.7 Å². The number of fused-ring (bicyclic) bond motifs is 1. The maximum Gasteiger partial charge on any atom is 0.222 e. The number of oxazole rings is 1. The molecule has 0 fully saturated rings. The Labute approximate surface area is 157 Å². The highest BCUT2D eigenvalue weighted by Crippen LogP contribution is 2.28. The van der Waals surface area contributed by atoms with Crippen LogP contribution in [0.5, 0.6) is 0 Å². The average Bonchev–Trinajstić information content (AvgIpc) is 3.01. The van der Waals surface area contributed by atoms with Gasteiger partial charge in [0.2, 0.25) is 5.89 Å². The summed E-state index contributed by atoms with van der Waals surface area (Å²) in [6, 6.07) is 8.69. The van der Waals surface area contributed by atoms with E-state index in [1.807, 2.05) is 6.07 Å². The van der Waals surface area contributed by atoms with Crippen molar-refractivity contribution in [3.63, 3.8) is 0 Å². The second-order valence-electron chi connectivity index (χ2n) is 6.87. The molecule has 0 aliphatic carbocycles. The highest BCUT2D eigenvalue weighted by molar-refractivity contribution is 6.31. The number of hydrogen-bond donors (Lipinski definition) is 0. The lowest BCUT2D eigenvalue weighted by Crippen LogP contribution is -2.28. The van der Waals surface area contributed by atoms with E-state index in [0.29, 0.717) is 17.5 Å². The minimum absolute atomic E-state index is 0.305. The first kappa shape index (κ1) is 17.3. The molecule has 0 bridgehead atoms. The summed E-state index contributed by atoms with van der Waals surface area (Å²) >= 11 is 6.14. The standard InChI is InChI=1S/C21H20ClFN2O/c1-13-9-19-20(10-14(13)2)26-21(24-19)15-5-7-25(8-6-15)12-16-3-4-17(23)11-18(16)22/h3-5,9-11H,6-8,12H2,1-2H3. The molecule has 5 heteroatoms. The van der Waals surface area contributed by atoms with Gasteiger partial charge in [-0.15, -0.1) is 0 Å². The molecule has 0 spiro atoms. The van der Waals surface area contributed by atoms with Gasteiger partial charge in [-0.3, -0.25) is 4.90 Å². The molecule has 26 heavy (non-hydrogen) atoms. The minimum Gasteiger partial charge on any atom is -0.436 e. The molecule has 4 rings (SSSR count). The molecule has 134 valence electrons. The third kappa shape index (κ3) is 3.39. The Balaban J connectivity index is 1.50. The van der Waals surface area contributed by atoms with Crippen LogP contribution in [0.1, 0.15) is 29.0 Å². The molecule has 3 nitrogen and oxygen atoms in total. The second-order valence-corrected chi connectivity index (χ2v) is 7.28. The van der Waals surface area contributed by atoms with Crippen LogP contribution in [0, 0.1) is 19.7 Å². The van der Waals surface area contributed by atoms with E-state index in [2.05, 4.69) is 35.9 Å². The maximum absolute atomic E-state index is 13.2. The number of benzene rings is 2. The topological polar surface area (TPSA) is 29.3 Å². The van der Waals surface area contributed by atoms with Crippen LogP contribution in [0.2, 0.25) is 5.02 Å². The van der Waals surface area contributed by atoms with E-state index >= 15 is 0 Å². The van der Waals surface area contributed by atoms with Gasteiger partial charge in [0.15, 0.2) is 5.58 Å². The lowest BCUT2D eigenvalue weighted by atomic mass is 10.1. The zero-order valence-electron chi connectivity index (χ0n) is 14.9. The van der Waals surface area contributed by atoms with Crippen molar-refractivity contribution in [3.8, 4) is 0 Å². The van der Waals surface area contributed by atoms with Crippen LogP contribution in [-0.4, -0.2) is 23.0 Å². The molecule has 0 saturated heterocycles. The van der Waals surface area contributed by atoms with Gasteiger partial charge in [-0.05, 0) is 61.2 Å². The van der Waals surface area contributed by atoms with Gasteiger partial charge < -0.3 is 4.42 Å². The normalized spacial score (nSPS) is 15.5. The Morgan fingerprint density at radius 1 is 1.19 bits per heavy atom. The van der Waals surface area contributed by atoms with Gasteiger partial charge in [0.05, 0.1) is 0 Å². The van der Waals surface area contributed by atoms with Gasteiger partial charge in [0, 0.05) is 30.2 Å². The minimum atomic E-state index is -0.305. The summed E-state index contributed by atoms with van der Waals surface area (Å²) in [5.41, 5.74) is 6.25. The number of rotatable bonds is 3. The van der Waals surface area contributed by atoms with Crippen molar-refractivity contribution >= 4 is 28.3 Å². The molecule has 2 heterocycles. The van der Waals surface area contributed by atoms with E-state index in [1.165, 1.54) is 23.3 Å². The first-order chi connectivity index (χ1) is 12.5. The largest absolute Gasteiger partial charge is 0.436 e. The Kier molecular flexibility index (Phi) is 4.55. The monoisotopic (exact) mass is 370 g/mol. The summed E-state index contributed by atoms with van der Waals surface area (Å²) < 4.78 is 19.1. The van der Waals surface area contributed by atoms with E-state index in [9.17, 15) is 4.39 Å². The molecule has 0 amide bonds. The lowest BCUT2D eigenvalue weighted by Gasteiger charge is -2.25. The van der Waals surface area contributed by atoms with Gasteiger partial charge in [0.1, 0.15) is 11.3 Å². The number of aromatic nitrogens is 1. The van der Waals surface area contributed by atoms with Crippen molar-refractivity contribution in [2.24, 2.45) is 0 Å². The van der Waals surface area contributed by atoms with Crippen molar-refractivity contribution in [3.05, 3.63) is 69.8 Å². The van der Waals surface area contributed by atoms with E-state index in [-0.39, 0.29) is 5.82 Å². The second kappa shape index (κ2) is 6.86. The first-order valence-electron chi connectivity index (χ1n) is 8.73. The third-order valence-corrected chi connectivity index (χ3v) is 5.33. The fourth-order valence-electron chi connectivity index (χ4n) is 3.26. The quantitative estimate of drug-likeness (QED) is 0.607. The van der Waals surface area contributed by atoms with Crippen LogP contribution >= 0.6 is 11.6 Å². The van der Waals surface area contributed by atoms with Crippen molar-refractivity contribution in [2.45, 2.75) is 26.8 Å². The summed E-state index contributed by atoms with van der Waals surface area (Å²) in [7, 11) is 0. The molecule has 0 saturated carbocycles. The molecule has 3 aromatic rings. The summed E-state index contributed by atoms with van der Waals surface area (Å²) in [6.07, 6.45) is 3.02. The predicted octanol–water partition coefficient (Wildman–Crippen LogP) is 5.53. The van der Waals surface area contributed by atoms with E-state index in [1.54, 1.807) is 6.07 Å². The highest BCUT2D eigenvalue weighted by Gasteiger charge is 2.18. The van der Waals surface area contributed by atoms with Crippen LogP contribution in [-0.2, 0) is 6.54 Å². The van der Waals surface area contributed by atoms with Gasteiger partial charge in [-0.25, -0.2) is 9.37 Å². The van der Waals surface area contributed by atoms with E-state index in [4.69, 9.17) is 16.0 Å². The summed E-state index contributed by atoms with van der Waals surface area (Å²) in [5.74, 6) is 0.408. The zero-order valence-corrected chi connectivity index (χ0v) is 15.6. The van der Waals surface area contributed by atoms with Crippen LogP contribution in [0.15, 0.2) is 40.8 Å². The van der Waals surface area contributed by atoms with E-state index < -0.39 is 0 Å². The first-order valence-corrected chi connectivity index (χ1v) is 9.11. The van der Waals surface area contributed by atoms with Crippen LogP contribution in [0.3, 0.4) is 0 Å². The lowest BCUT2D eigenvalue weighted by molar-refractivity contribution is 0.292. The maximum atomic E-state index is 13.2. The SMILES string of the molecule is Cc1cc2nc(C3=CCN(Cc4ccc(F)cc4Cl)CC3)oc2cc1C. The Morgan fingerprint density at radius 2 is 2.00 bits per heavy atom. The average molecular weight is 371 g/mol. The molecule has 2 aromatic carbocycles. The van der Waals surface area contributed by atoms with Crippen molar-refractivity contribution in [1.29, 1.82) is 0 Å². The Morgan fingerprint density at radius 3 is 2.73 bits per heavy atom. The van der Waals surface area contributed by atoms with Crippen molar-refractivity contribution in [1.82, 2.24) is 9.88 Å². The Hall–Kier alpha value is -2.17. The van der Waals surface area contributed by atoms with Gasteiger partial charge in [0.25, 0.3) is 0 Å². The number of aryl methyl sites for hydroxylation is 2. The predicted molar refractivity (Wildman–Crippen MR) is 103 cm³/mol. The van der Waals surface area contributed by atoms with Gasteiger partial charge in [-0.1, -0.05) is 23.7 Å². The fourth-order valence-corrected chi connectivity index (χ4v) is 3.48. The molecule has 0 unspecified atom stereocenters. The molecule has 1 aromatic heterocycles. The molecule has 0 radical (unpaired) electrons. The number of nitrogens with zero attached hydrogens (tertiary/aromatic N) is 2. The summed E-state index contributed by atoms with van der Waals surface area (Å²) in [6.45, 7) is 6.54. The molecule has 1 aliphatic rings. The Bertz CT molecular complexity index is 970. The number of halogens is 2.